The van der Waals surface area contributed by atoms with Crippen molar-refractivity contribution in [1.29, 1.82) is 0 Å². The number of carbonyl (C=O) groups is 1. The first-order valence-electron chi connectivity index (χ1n) is 8.88. The normalized spacial score (nSPS) is 18.2. The smallest absolute Gasteiger partial charge is 0.265 e. The minimum atomic E-state index is -3.94. The Morgan fingerprint density at radius 1 is 1.17 bits per heavy atom. The summed E-state index contributed by atoms with van der Waals surface area (Å²) in [6, 6.07) is 10.4. The van der Waals surface area contributed by atoms with Crippen molar-refractivity contribution in [2.45, 2.75) is 24.3 Å². The lowest BCUT2D eigenvalue weighted by Crippen LogP contribution is -2.35. The van der Waals surface area contributed by atoms with E-state index in [1.54, 1.807) is 25.1 Å². The Morgan fingerprint density at radius 2 is 1.93 bits per heavy atom. The van der Waals surface area contributed by atoms with E-state index in [0.29, 0.717) is 6.42 Å². The molecule has 2 N–H and O–H groups in total. The van der Waals surface area contributed by atoms with Gasteiger partial charge in [0.05, 0.1) is 18.6 Å². The van der Waals surface area contributed by atoms with Gasteiger partial charge in [-0.3, -0.25) is 9.52 Å². The van der Waals surface area contributed by atoms with Gasteiger partial charge in [0.2, 0.25) is 0 Å². The molecular weight excluding hydrogens is 416 g/mol. The first kappa shape index (κ1) is 21.1. The lowest BCUT2D eigenvalue weighted by atomic mass is 10.1. The van der Waals surface area contributed by atoms with Crippen molar-refractivity contribution in [2.75, 3.05) is 23.3 Å². The Kier molecular flexibility index (Phi) is 5.85. The fourth-order valence-corrected chi connectivity index (χ4v) is 6.08. The molecule has 1 amide bonds. The van der Waals surface area contributed by atoms with Gasteiger partial charge in [-0.1, -0.05) is 12.1 Å². The van der Waals surface area contributed by atoms with E-state index in [4.69, 9.17) is 4.74 Å². The van der Waals surface area contributed by atoms with Gasteiger partial charge in [-0.05, 0) is 49.2 Å². The largest absolute Gasteiger partial charge is 0.495 e. The summed E-state index contributed by atoms with van der Waals surface area (Å²) in [6.07, 6.45) is 0.369. The number of ether oxygens (including phenoxy) is 1. The Balaban J connectivity index is 1.79. The molecule has 1 saturated heterocycles. The third-order valence-corrected chi connectivity index (χ3v) is 7.72. The van der Waals surface area contributed by atoms with Crippen LogP contribution in [0.15, 0.2) is 47.4 Å². The summed E-state index contributed by atoms with van der Waals surface area (Å²) in [5, 5.41) is 2.68. The fourth-order valence-electron chi connectivity index (χ4n) is 3.11. The van der Waals surface area contributed by atoms with Crippen molar-refractivity contribution < 1.29 is 26.4 Å². The minimum Gasteiger partial charge on any atom is -0.495 e. The highest BCUT2D eigenvalue weighted by atomic mass is 32.2. The average molecular weight is 439 g/mol. The van der Waals surface area contributed by atoms with Crippen LogP contribution in [0.4, 0.5) is 5.69 Å². The summed E-state index contributed by atoms with van der Waals surface area (Å²) < 4.78 is 56.3. The van der Waals surface area contributed by atoms with Crippen LogP contribution in [0.5, 0.6) is 5.75 Å². The first-order chi connectivity index (χ1) is 13.6. The summed E-state index contributed by atoms with van der Waals surface area (Å²) in [6.45, 7) is 1.77. The van der Waals surface area contributed by atoms with Crippen LogP contribution in [0.2, 0.25) is 0 Å². The van der Waals surface area contributed by atoms with E-state index in [1.807, 2.05) is 0 Å². The van der Waals surface area contributed by atoms with Gasteiger partial charge in [-0.2, -0.15) is 0 Å². The maximum absolute atomic E-state index is 12.8. The Bertz CT molecular complexity index is 1140. The van der Waals surface area contributed by atoms with Crippen molar-refractivity contribution in [1.82, 2.24) is 5.32 Å². The number of nitrogens with one attached hydrogen (secondary N) is 2. The zero-order valence-corrected chi connectivity index (χ0v) is 17.6. The van der Waals surface area contributed by atoms with Crippen LogP contribution in [0.3, 0.4) is 0 Å². The molecule has 0 spiro atoms. The summed E-state index contributed by atoms with van der Waals surface area (Å²) in [7, 11) is -5.67. The number of methoxy groups -OCH3 is 1. The second-order valence-electron chi connectivity index (χ2n) is 6.91. The lowest BCUT2D eigenvalue weighted by molar-refractivity contribution is 0.0941. The van der Waals surface area contributed by atoms with E-state index in [9.17, 15) is 21.6 Å². The molecule has 29 heavy (non-hydrogen) atoms. The standard InChI is InChI=1S/C19H22N2O6S2/c1-13-6-7-17(27-2)18(10-13)29(25,26)21-15-5-3-4-14(11-15)19(22)20-16-8-9-28(23,24)12-16/h3-7,10-11,16,21H,8-9,12H2,1-2H3,(H,20,22)/t16-/m0/s1. The predicted molar refractivity (Wildman–Crippen MR) is 110 cm³/mol. The fraction of sp³-hybridized carbons (Fsp3) is 0.316. The van der Waals surface area contributed by atoms with Gasteiger partial charge in [0.1, 0.15) is 10.6 Å². The number of sulfone groups is 1. The molecule has 0 bridgehead atoms. The van der Waals surface area contributed by atoms with E-state index in [0.717, 1.165) is 5.56 Å². The number of anilines is 1. The highest BCUT2D eigenvalue weighted by Gasteiger charge is 2.29. The van der Waals surface area contributed by atoms with E-state index < -0.39 is 31.8 Å². The number of benzene rings is 2. The van der Waals surface area contributed by atoms with Crippen molar-refractivity contribution in [3.63, 3.8) is 0 Å². The molecule has 8 nitrogen and oxygen atoms in total. The summed E-state index contributed by atoms with van der Waals surface area (Å²) in [5.74, 6) is -0.283. The number of rotatable bonds is 6. The third-order valence-electron chi connectivity index (χ3n) is 4.55. The van der Waals surface area contributed by atoms with Crippen LogP contribution >= 0.6 is 0 Å². The van der Waals surface area contributed by atoms with E-state index in [2.05, 4.69) is 10.0 Å². The van der Waals surface area contributed by atoms with Gasteiger partial charge in [0, 0.05) is 17.3 Å². The van der Waals surface area contributed by atoms with E-state index in [-0.39, 0.29) is 33.4 Å². The van der Waals surface area contributed by atoms with E-state index >= 15 is 0 Å². The molecule has 1 atom stereocenters. The SMILES string of the molecule is COc1ccc(C)cc1S(=O)(=O)Nc1cccc(C(=O)N[C@H]2CCS(=O)(=O)C2)c1. The van der Waals surface area contributed by atoms with E-state index in [1.165, 1.54) is 31.4 Å². The molecule has 156 valence electrons. The van der Waals surface area contributed by atoms with Crippen LogP contribution in [0.1, 0.15) is 22.3 Å². The summed E-state index contributed by atoms with van der Waals surface area (Å²) in [4.78, 5) is 12.4. The van der Waals surface area contributed by atoms with Crippen molar-refractivity contribution >= 4 is 31.5 Å². The predicted octanol–water partition coefficient (Wildman–Crippen LogP) is 1.72. The molecule has 10 heteroatoms. The van der Waals surface area contributed by atoms with Crippen LogP contribution in [-0.2, 0) is 19.9 Å². The quantitative estimate of drug-likeness (QED) is 0.709. The molecule has 2 aromatic rings. The topological polar surface area (TPSA) is 119 Å². The van der Waals surface area contributed by atoms with Crippen molar-refractivity contribution in [3.8, 4) is 5.75 Å². The average Bonchev–Trinajstić information content (AvgIpc) is 3.00. The summed E-state index contributed by atoms with van der Waals surface area (Å²) >= 11 is 0. The number of sulfonamides is 1. The molecule has 1 fully saturated rings. The molecule has 1 aliphatic heterocycles. The van der Waals surface area contributed by atoms with Crippen LogP contribution < -0.4 is 14.8 Å². The molecule has 0 aromatic heterocycles. The van der Waals surface area contributed by atoms with Crippen molar-refractivity contribution in [3.05, 3.63) is 53.6 Å². The molecule has 0 unspecified atom stereocenters. The maximum atomic E-state index is 12.8. The van der Waals surface area contributed by atoms with Crippen LogP contribution in [-0.4, -0.2) is 47.4 Å². The van der Waals surface area contributed by atoms with Gasteiger partial charge < -0.3 is 10.1 Å². The monoisotopic (exact) mass is 438 g/mol. The summed E-state index contributed by atoms with van der Waals surface area (Å²) in [5.41, 5.74) is 1.19. The zero-order valence-electron chi connectivity index (χ0n) is 16.0. The number of hydrogen-bond acceptors (Lipinski definition) is 6. The molecule has 3 rings (SSSR count). The lowest BCUT2D eigenvalue weighted by Gasteiger charge is -2.14. The van der Waals surface area contributed by atoms with Gasteiger partial charge in [-0.25, -0.2) is 16.8 Å². The second-order valence-corrected chi connectivity index (χ2v) is 10.8. The highest BCUT2D eigenvalue weighted by Crippen LogP contribution is 2.27. The molecule has 1 aliphatic rings. The van der Waals surface area contributed by atoms with Crippen LogP contribution in [0, 0.1) is 6.92 Å². The zero-order chi connectivity index (χ0) is 21.2. The maximum Gasteiger partial charge on any atom is 0.265 e. The minimum absolute atomic E-state index is 0.00832. The molecule has 0 aliphatic carbocycles. The Labute approximate surface area is 170 Å². The number of hydrogen-bond donors (Lipinski definition) is 2. The number of amides is 1. The molecule has 0 radical (unpaired) electrons. The molecule has 1 heterocycles. The second kappa shape index (κ2) is 8.03. The molecular formula is C19H22N2O6S2. The van der Waals surface area contributed by atoms with Gasteiger partial charge in [0.15, 0.2) is 9.84 Å². The number of carbonyl (C=O) groups excluding carboxylic acids is 1. The first-order valence-corrected chi connectivity index (χ1v) is 12.2. The molecule has 0 saturated carbocycles. The van der Waals surface area contributed by atoms with Crippen LogP contribution in [0.25, 0.3) is 0 Å². The Hall–Kier alpha value is -2.59. The molecule has 2 aromatic carbocycles. The van der Waals surface area contributed by atoms with Gasteiger partial charge >= 0.3 is 0 Å². The van der Waals surface area contributed by atoms with Gasteiger partial charge in [0.25, 0.3) is 15.9 Å². The van der Waals surface area contributed by atoms with Crippen molar-refractivity contribution in [2.24, 2.45) is 0 Å². The highest BCUT2D eigenvalue weighted by molar-refractivity contribution is 7.92. The van der Waals surface area contributed by atoms with Gasteiger partial charge in [-0.15, -0.1) is 0 Å². The number of aryl methyl sites for hydroxylation is 1. The Morgan fingerprint density at radius 3 is 2.59 bits per heavy atom. The third kappa shape index (κ3) is 5.07.